The number of nitrogens with zero attached hydrogens (tertiary/aromatic N) is 2. The van der Waals surface area contributed by atoms with Gasteiger partial charge in [0.25, 0.3) is 0 Å². The molecule has 2 amide bonds. The molecular formula is C24H30N2O4. The Kier molecular flexibility index (Phi) is 6.65. The lowest BCUT2D eigenvalue weighted by atomic mass is 9.93. The third kappa shape index (κ3) is 5.75. The predicted octanol–water partition coefficient (Wildman–Crippen LogP) is 5.10. The van der Waals surface area contributed by atoms with Crippen LogP contribution in [0, 0.1) is 12.3 Å². The molecule has 0 atom stereocenters. The minimum atomic E-state index is -0.390. The molecular weight excluding hydrogens is 380 g/mol. The van der Waals surface area contributed by atoms with E-state index in [0.29, 0.717) is 19.7 Å². The van der Waals surface area contributed by atoms with E-state index in [0.717, 1.165) is 29.0 Å². The van der Waals surface area contributed by atoms with Gasteiger partial charge in [-0.1, -0.05) is 51.1 Å². The highest BCUT2D eigenvalue weighted by Crippen LogP contribution is 2.28. The van der Waals surface area contributed by atoms with E-state index in [2.05, 4.69) is 0 Å². The zero-order chi connectivity index (χ0) is 21.7. The van der Waals surface area contributed by atoms with Crippen molar-refractivity contribution < 1.29 is 19.2 Å². The minimum absolute atomic E-state index is 0.192. The smallest absolute Gasteiger partial charge is 0.357 e. The Morgan fingerprint density at radius 3 is 2.47 bits per heavy atom. The van der Waals surface area contributed by atoms with Crippen molar-refractivity contribution in [3.8, 4) is 5.75 Å². The van der Waals surface area contributed by atoms with Gasteiger partial charge in [-0.25, -0.2) is 9.59 Å². The van der Waals surface area contributed by atoms with Crippen LogP contribution in [0.25, 0.3) is 0 Å². The second-order valence-corrected chi connectivity index (χ2v) is 8.81. The molecule has 6 nitrogen and oxygen atoms in total. The van der Waals surface area contributed by atoms with Gasteiger partial charge >= 0.3 is 12.0 Å². The molecule has 0 aliphatic carbocycles. The average molecular weight is 411 g/mol. The summed E-state index contributed by atoms with van der Waals surface area (Å²) < 4.78 is 5.93. The van der Waals surface area contributed by atoms with E-state index in [9.17, 15) is 9.59 Å². The molecule has 0 N–H and O–H groups in total. The fourth-order valence-corrected chi connectivity index (χ4v) is 3.31. The van der Waals surface area contributed by atoms with Gasteiger partial charge in [-0.05, 0) is 48.1 Å². The number of urea groups is 1. The molecule has 0 radical (unpaired) electrons. The number of amides is 2. The Morgan fingerprint density at radius 2 is 1.80 bits per heavy atom. The fourth-order valence-electron chi connectivity index (χ4n) is 3.31. The summed E-state index contributed by atoms with van der Waals surface area (Å²) >= 11 is 0. The largest absolute Gasteiger partial charge is 0.489 e. The second kappa shape index (κ2) is 9.20. The first kappa shape index (κ1) is 21.7. The van der Waals surface area contributed by atoms with Crippen molar-refractivity contribution in [2.24, 2.45) is 5.41 Å². The van der Waals surface area contributed by atoms with E-state index < -0.39 is 5.97 Å². The van der Waals surface area contributed by atoms with Crippen LogP contribution in [-0.4, -0.2) is 30.2 Å². The Morgan fingerprint density at radius 1 is 1.07 bits per heavy atom. The summed E-state index contributed by atoms with van der Waals surface area (Å²) in [5.41, 5.74) is 2.61. The third-order valence-corrected chi connectivity index (χ3v) is 4.78. The Balaban J connectivity index is 1.65. The number of anilines is 1. The Bertz CT molecular complexity index is 890. The SMILES string of the molecule is Cc1cc(N2CCCN(OC(=O)CC(C)(C)C)C2=O)ccc1OCc1ccccc1. The molecule has 2 aromatic carbocycles. The van der Waals surface area contributed by atoms with Gasteiger partial charge < -0.3 is 9.57 Å². The Hall–Kier alpha value is -3.02. The molecule has 0 spiro atoms. The molecule has 1 aliphatic rings. The topological polar surface area (TPSA) is 59.1 Å². The van der Waals surface area contributed by atoms with Gasteiger partial charge in [0, 0.05) is 12.2 Å². The number of carbonyl (C=O) groups excluding carboxylic acids is 2. The summed E-state index contributed by atoms with van der Waals surface area (Å²) in [6.07, 6.45) is 0.975. The number of benzene rings is 2. The highest BCUT2D eigenvalue weighted by Gasteiger charge is 2.31. The standard InChI is InChI=1S/C24H30N2O4/c1-18-15-20(11-12-21(18)29-17-19-9-6-5-7-10-19)25-13-8-14-26(23(25)28)30-22(27)16-24(2,3)4/h5-7,9-12,15H,8,13-14,16-17H2,1-4H3. The van der Waals surface area contributed by atoms with Crippen LogP contribution in [-0.2, 0) is 16.2 Å². The summed E-state index contributed by atoms with van der Waals surface area (Å²) in [5.74, 6) is 0.388. The summed E-state index contributed by atoms with van der Waals surface area (Å²) in [6.45, 7) is 9.31. The second-order valence-electron chi connectivity index (χ2n) is 8.81. The van der Waals surface area contributed by atoms with Crippen LogP contribution in [0.1, 0.15) is 44.7 Å². The third-order valence-electron chi connectivity index (χ3n) is 4.78. The molecule has 0 unspecified atom stereocenters. The number of rotatable bonds is 6. The maximum Gasteiger partial charge on any atom is 0.357 e. The predicted molar refractivity (Wildman–Crippen MR) is 116 cm³/mol. The van der Waals surface area contributed by atoms with Gasteiger partial charge in [0.1, 0.15) is 12.4 Å². The zero-order valence-electron chi connectivity index (χ0n) is 18.2. The molecule has 30 heavy (non-hydrogen) atoms. The fraction of sp³-hybridized carbons (Fsp3) is 0.417. The molecule has 6 heteroatoms. The Labute approximate surface area is 178 Å². The van der Waals surface area contributed by atoms with Crippen molar-refractivity contribution in [3.63, 3.8) is 0 Å². The van der Waals surface area contributed by atoms with Crippen LogP contribution in [0.15, 0.2) is 48.5 Å². The van der Waals surface area contributed by atoms with E-state index >= 15 is 0 Å². The quantitative estimate of drug-likeness (QED) is 0.665. The van der Waals surface area contributed by atoms with E-state index in [-0.39, 0.29) is 17.9 Å². The van der Waals surface area contributed by atoms with Crippen molar-refractivity contribution in [1.29, 1.82) is 0 Å². The van der Waals surface area contributed by atoms with Crippen molar-refractivity contribution >= 4 is 17.7 Å². The number of hydroxylamine groups is 2. The van der Waals surface area contributed by atoms with Gasteiger partial charge in [0.05, 0.1) is 13.0 Å². The number of ether oxygens (including phenoxy) is 1. The number of aryl methyl sites for hydroxylation is 1. The summed E-state index contributed by atoms with van der Waals surface area (Å²) in [6, 6.07) is 15.3. The first-order chi connectivity index (χ1) is 14.2. The average Bonchev–Trinajstić information content (AvgIpc) is 2.68. The van der Waals surface area contributed by atoms with Crippen LogP contribution in [0.5, 0.6) is 5.75 Å². The van der Waals surface area contributed by atoms with Crippen molar-refractivity contribution in [2.75, 3.05) is 18.0 Å². The first-order valence-corrected chi connectivity index (χ1v) is 10.3. The summed E-state index contributed by atoms with van der Waals surface area (Å²) in [5, 5.41) is 1.17. The maximum absolute atomic E-state index is 12.9. The van der Waals surface area contributed by atoms with Crippen molar-refractivity contribution in [3.05, 3.63) is 59.7 Å². The molecule has 1 aliphatic heterocycles. The summed E-state index contributed by atoms with van der Waals surface area (Å²) in [7, 11) is 0. The van der Waals surface area contributed by atoms with Crippen molar-refractivity contribution in [1.82, 2.24) is 5.06 Å². The zero-order valence-corrected chi connectivity index (χ0v) is 18.2. The van der Waals surface area contributed by atoms with E-state index in [4.69, 9.17) is 9.57 Å². The number of carbonyl (C=O) groups is 2. The summed E-state index contributed by atoms with van der Waals surface area (Å²) in [4.78, 5) is 32.0. The monoisotopic (exact) mass is 410 g/mol. The van der Waals surface area contributed by atoms with Crippen LogP contribution >= 0.6 is 0 Å². The highest BCUT2D eigenvalue weighted by molar-refractivity contribution is 5.93. The molecule has 1 saturated heterocycles. The molecule has 0 saturated carbocycles. The maximum atomic E-state index is 12.9. The molecule has 2 aromatic rings. The molecule has 1 fully saturated rings. The van der Waals surface area contributed by atoms with Crippen molar-refractivity contribution in [2.45, 2.75) is 47.1 Å². The van der Waals surface area contributed by atoms with E-state index in [1.165, 1.54) is 5.06 Å². The number of hydrogen-bond acceptors (Lipinski definition) is 4. The first-order valence-electron chi connectivity index (χ1n) is 10.3. The van der Waals surface area contributed by atoms with E-state index in [1.807, 2.05) is 76.2 Å². The van der Waals surface area contributed by atoms with E-state index in [1.54, 1.807) is 4.90 Å². The molecule has 160 valence electrons. The van der Waals surface area contributed by atoms with Crippen LogP contribution in [0.2, 0.25) is 0 Å². The molecule has 0 aromatic heterocycles. The lowest BCUT2D eigenvalue weighted by Gasteiger charge is -2.34. The minimum Gasteiger partial charge on any atom is -0.489 e. The van der Waals surface area contributed by atoms with Gasteiger partial charge in [-0.15, -0.1) is 0 Å². The highest BCUT2D eigenvalue weighted by atomic mass is 16.7. The molecule has 3 rings (SSSR count). The number of hydrogen-bond donors (Lipinski definition) is 0. The van der Waals surface area contributed by atoms with Gasteiger partial charge in [0.15, 0.2) is 0 Å². The van der Waals surface area contributed by atoms with Crippen LogP contribution in [0.4, 0.5) is 10.5 Å². The normalized spacial score (nSPS) is 14.6. The van der Waals surface area contributed by atoms with Crippen LogP contribution in [0.3, 0.4) is 0 Å². The lowest BCUT2D eigenvalue weighted by molar-refractivity contribution is -0.179. The molecule has 1 heterocycles. The van der Waals surface area contributed by atoms with Gasteiger partial charge in [-0.3, -0.25) is 4.90 Å². The van der Waals surface area contributed by atoms with Gasteiger partial charge in [-0.2, -0.15) is 5.06 Å². The molecule has 0 bridgehead atoms. The lowest BCUT2D eigenvalue weighted by Crippen LogP contribution is -2.50. The van der Waals surface area contributed by atoms with Crippen LogP contribution < -0.4 is 9.64 Å². The van der Waals surface area contributed by atoms with Gasteiger partial charge in [0.2, 0.25) is 0 Å².